The van der Waals surface area contributed by atoms with Crippen LogP contribution >= 0.6 is 0 Å². The molecule has 108 valence electrons. The lowest BCUT2D eigenvalue weighted by Gasteiger charge is -2.39. The van der Waals surface area contributed by atoms with Gasteiger partial charge in [0.25, 0.3) is 0 Å². The fraction of sp³-hybridized carbons (Fsp3) is 0.846. The largest absolute Gasteiger partial charge is 0.481 e. The molecule has 2 atom stereocenters. The van der Waals surface area contributed by atoms with E-state index in [0.717, 1.165) is 12.8 Å². The van der Waals surface area contributed by atoms with E-state index in [0.29, 0.717) is 26.2 Å². The van der Waals surface area contributed by atoms with Crippen molar-refractivity contribution in [1.29, 1.82) is 0 Å². The number of piperidine rings is 1. The van der Waals surface area contributed by atoms with Crippen molar-refractivity contribution in [2.45, 2.75) is 38.6 Å². The van der Waals surface area contributed by atoms with E-state index in [-0.39, 0.29) is 18.1 Å². The van der Waals surface area contributed by atoms with Crippen LogP contribution in [-0.2, 0) is 9.53 Å². The molecule has 2 fully saturated rings. The molecule has 2 aliphatic rings. The van der Waals surface area contributed by atoms with Crippen LogP contribution < -0.4 is 5.32 Å². The topological polar surface area (TPSA) is 78.9 Å². The zero-order chi connectivity index (χ0) is 14.1. The highest BCUT2D eigenvalue weighted by Crippen LogP contribution is 2.30. The van der Waals surface area contributed by atoms with E-state index < -0.39 is 11.4 Å². The lowest BCUT2D eigenvalue weighted by molar-refractivity contribution is -0.150. The van der Waals surface area contributed by atoms with Crippen LogP contribution in [-0.4, -0.2) is 53.8 Å². The molecule has 0 bridgehead atoms. The van der Waals surface area contributed by atoms with Crippen LogP contribution in [0.2, 0.25) is 0 Å². The third-order valence-electron chi connectivity index (χ3n) is 4.13. The molecule has 0 aromatic heterocycles. The number of hydrogen-bond donors (Lipinski definition) is 2. The molecule has 2 unspecified atom stereocenters. The molecule has 0 aliphatic carbocycles. The summed E-state index contributed by atoms with van der Waals surface area (Å²) in [6, 6.07) is -0.180. The second-order valence-electron chi connectivity index (χ2n) is 6.18. The minimum absolute atomic E-state index is 0.180. The molecule has 2 heterocycles. The van der Waals surface area contributed by atoms with Gasteiger partial charge in [-0.3, -0.25) is 4.79 Å². The van der Waals surface area contributed by atoms with Gasteiger partial charge in [0.1, 0.15) is 0 Å². The number of hydrogen-bond acceptors (Lipinski definition) is 3. The molecule has 2 rings (SSSR count). The minimum atomic E-state index is -0.833. The van der Waals surface area contributed by atoms with E-state index in [2.05, 4.69) is 5.32 Å². The molecule has 0 aromatic carbocycles. The average Bonchev–Trinajstić information content (AvgIpc) is 2.75. The summed E-state index contributed by atoms with van der Waals surface area (Å²) in [6.07, 6.45) is 2.14. The van der Waals surface area contributed by atoms with Crippen molar-refractivity contribution >= 4 is 12.0 Å². The van der Waals surface area contributed by atoms with Gasteiger partial charge in [-0.2, -0.15) is 0 Å². The van der Waals surface area contributed by atoms with Crippen molar-refractivity contribution in [1.82, 2.24) is 10.2 Å². The molecule has 0 radical (unpaired) electrons. The highest BCUT2D eigenvalue weighted by molar-refractivity contribution is 5.79. The Kier molecular flexibility index (Phi) is 3.71. The molecule has 6 nitrogen and oxygen atoms in total. The summed E-state index contributed by atoms with van der Waals surface area (Å²) in [7, 11) is 0. The Bertz CT molecular complexity index is 379. The third kappa shape index (κ3) is 3.00. The van der Waals surface area contributed by atoms with Gasteiger partial charge in [-0.25, -0.2) is 4.79 Å². The second kappa shape index (κ2) is 5.00. The van der Waals surface area contributed by atoms with E-state index >= 15 is 0 Å². The van der Waals surface area contributed by atoms with Crippen LogP contribution in [0.5, 0.6) is 0 Å². The Hall–Kier alpha value is -1.30. The first-order chi connectivity index (χ1) is 8.85. The van der Waals surface area contributed by atoms with Gasteiger partial charge in [-0.05, 0) is 33.1 Å². The zero-order valence-electron chi connectivity index (χ0n) is 11.6. The number of carboxylic acid groups (broad SMARTS) is 1. The lowest BCUT2D eigenvalue weighted by atomic mass is 9.82. The number of likely N-dealkylation sites (tertiary alicyclic amines) is 1. The summed E-state index contributed by atoms with van der Waals surface area (Å²) >= 11 is 0. The van der Waals surface area contributed by atoms with E-state index in [1.165, 1.54) is 0 Å². The summed E-state index contributed by atoms with van der Waals surface area (Å²) in [6.45, 7) is 5.72. The normalized spacial score (nSPS) is 35.2. The summed E-state index contributed by atoms with van der Waals surface area (Å²) in [5.74, 6) is -0.833. The number of aliphatic carboxylic acids is 1. The quantitative estimate of drug-likeness (QED) is 0.786. The number of urea groups is 1. The maximum absolute atomic E-state index is 12.2. The average molecular weight is 270 g/mol. The van der Waals surface area contributed by atoms with E-state index in [9.17, 15) is 14.7 Å². The van der Waals surface area contributed by atoms with Gasteiger partial charge < -0.3 is 20.1 Å². The van der Waals surface area contributed by atoms with Crippen molar-refractivity contribution in [3.05, 3.63) is 0 Å². The molecular formula is C13H22N2O4. The van der Waals surface area contributed by atoms with Gasteiger partial charge in [0.2, 0.25) is 0 Å². The van der Waals surface area contributed by atoms with Gasteiger partial charge in [0.05, 0.1) is 17.6 Å². The molecule has 6 heteroatoms. The van der Waals surface area contributed by atoms with Gasteiger partial charge in [-0.15, -0.1) is 0 Å². The van der Waals surface area contributed by atoms with Gasteiger partial charge in [0, 0.05) is 19.7 Å². The standard InChI is InChI=1S/C13H22N2O4/c1-12(10(16)17)4-3-6-15(8-12)11(18)14-13(2)5-7-19-9-13/h3-9H2,1-2H3,(H,14,18)(H,16,17). The van der Waals surface area contributed by atoms with Crippen molar-refractivity contribution < 1.29 is 19.4 Å². The summed E-state index contributed by atoms with van der Waals surface area (Å²) in [4.78, 5) is 25.1. The van der Waals surface area contributed by atoms with Crippen molar-refractivity contribution in [2.75, 3.05) is 26.3 Å². The first-order valence-electron chi connectivity index (χ1n) is 6.73. The molecule has 2 saturated heterocycles. The Balaban J connectivity index is 1.97. The first-order valence-corrected chi connectivity index (χ1v) is 6.73. The number of nitrogens with zero attached hydrogens (tertiary/aromatic N) is 1. The second-order valence-corrected chi connectivity index (χ2v) is 6.18. The third-order valence-corrected chi connectivity index (χ3v) is 4.13. The molecule has 2 aliphatic heterocycles. The van der Waals surface area contributed by atoms with Crippen LogP contribution in [0.25, 0.3) is 0 Å². The van der Waals surface area contributed by atoms with Crippen molar-refractivity contribution in [2.24, 2.45) is 5.41 Å². The van der Waals surface area contributed by atoms with E-state index in [1.54, 1.807) is 11.8 Å². The first kappa shape index (κ1) is 14.1. The van der Waals surface area contributed by atoms with E-state index in [1.807, 2.05) is 6.92 Å². The fourth-order valence-electron chi connectivity index (χ4n) is 2.69. The molecule has 0 spiro atoms. The minimum Gasteiger partial charge on any atom is -0.481 e. The smallest absolute Gasteiger partial charge is 0.317 e. The van der Waals surface area contributed by atoms with Crippen LogP contribution in [0.3, 0.4) is 0 Å². The number of nitrogens with one attached hydrogen (secondary N) is 1. The lowest BCUT2D eigenvalue weighted by Crippen LogP contribution is -2.56. The monoisotopic (exact) mass is 270 g/mol. The van der Waals surface area contributed by atoms with Gasteiger partial charge in [-0.1, -0.05) is 0 Å². The fourth-order valence-corrected chi connectivity index (χ4v) is 2.69. The number of carbonyl (C=O) groups is 2. The van der Waals surface area contributed by atoms with Crippen LogP contribution in [0.1, 0.15) is 33.1 Å². The summed E-state index contributed by atoms with van der Waals surface area (Å²) in [5, 5.41) is 12.2. The molecule has 0 saturated carbocycles. The number of carbonyl (C=O) groups excluding carboxylic acids is 1. The zero-order valence-corrected chi connectivity index (χ0v) is 11.6. The highest BCUT2D eigenvalue weighted by Gasteiger charge is 2.41. The molecule has 0 aromatic rings. The molecular weight excluding hydrogens is 248 g/mol. The number of rotatable bonds is 2. The number of ether oxygens (including phenoxy) is 1. The van der Waals surface area contributed by atoms with Crippen molar-refractivity contribution in [3.63, 3.8) is 0 Å². The molecule has 2 amide bonds. The summed E-state index contributed by atoms with van der Waals surface area (Å²) < 4.78 is 5.30. The highest BCUT2D eigenvalue weighted by atomic mass is 16.5. The van der Waals surface area contributed by atoms with Gasteiger partial charge in [0.15, 0.2) is 0 Å². The Morgan fingerprint density at radius 2 is 2.05 bits per heavy atom. The number of carboxylic acids is 1. The molecule has 2 N–H and O–H groups in total. The maximum atomic E-state index is 12.2. The predicted octanol–water partition coefficient (Wildman–Crippen LogP) is 1.06. The van der Waals surface area contributed by atoms with Gasteiger partial charge >= 0.3 is 12.0 Å². The Morgan fingerprint density at radius 1 is 1.32 bits per heavy atom. The number of amides is 2. The predicted molar refractivity (Wildman–Crippen MR) is 68.9 cm³/mol. The van der Waals surface area contributed by atoms with E-state index in [4.69, 9.17) is 4.74 Å². The SMILES string of the molecule is CC1(NC(=O)N2CCCC(C)(C(=O)O)C2)CCOC1. The summed E-state index contributed by atoms with van der Waals surface area (Å²) in [5.41, 5.74) is -1.16. The Labute approximate surface area is 113 Å². The van der Waals surface area contributed by atoms with Crippen LogP contribution in [0, 0.1) is 5.41 Å². The van der Waals surface area contributed by atoms with Crippen LogP contribution in [0.15, 0.2) is 0 Å². The molecule has 19 heavy (non-hydrogen) atoms. The Morgan fingerprint density at radius 3 is 2.63 bits per heavy atom. The van der Waals surface area contributed by atoms with Crippen molar-refractivity contribution in [3.8, 4) is 0 Å². The van der Waals surface area contributed by atoms with Crippen LogP contribution in [0.4, 0.5) is 4.79 Å². The maximum Gasteiger partial charge on any atom is 0.317 e.